The second-order valence-corrected chi connectivity index (χ2v) is 5.49. The molecule has 1 heterocycles. The van der Waals surface area contributed by atoms with Gasteiger partial charge >= 0.3 is 0 Å². The van der Waals surface area contributed by atoms with E-state index in [0.717, 1.165) is 33.8 Å². The number of fused-ring (bicyclic) bond motifs is 1. The highest BCUT2D eigenvalue weighted by atomic mass is 35.5. The standard InChI is InChI=1S/C17H16ClN3/c1-21(11-12-4-6-13(18)7-5-12)16-9-8-15-14(17(16)19)3-2-10-20-15/h2-10H,11,19H2,1H3. The Labute approximate surface area is 129 Å². The Bertz CT molecular complexity index is 769. The first-order valence-corrected chi connectivity index (χ1v) is 7.12. The van der Waals surface area contributed by atoms with Crippen LogP contribution in [0.2, 0.25) is 5.02 Å². The van der Waals surface area contributed by atoms with Crippen LogP contribution < -0.4 is 10.6 Å². The van der Waals surface area contributed by atoms with Crippen molar-refractivity contribution in [1.29, 1.82) is 0 Å². The SMILES string of the molecule is CN(Cc1ccc(Cl)cc1)c1ccc2ncccc2c1N. The second-order valence-electron chi connectivity index (χ2n) is 5.05. The fraction of sp³-hybridized carbons (Fsp3) is 0.118. The molecule has 0 aliphatic heterocycles. The van der Waals surface area contributed by atoms with Crippen LogP contribution >= 0.6 is 11.6 Å². The van der Waals surface area contributed by atoms with E-state index in [2.05, 4.69) is 9.88 Å². The lowest BCUT2D eigenvalue weighted by Crippen LogP contribution is -2.17. The van der Waals surface area contributed by atoms with Gasteiger partial charge in [0, 0.05) is 30.2 Å². The first kappa shape index (κ1) is 13.7. The van der Waals surface area contributed by atoms with E-state index in [1.54, 1.807) is 6.20 Å². The highest BCUT2D eigenvalue weighted by molar-refractivity contribution is 6.30. The zero-order chi connectivity index (χ0) is 14.8. The minimum absolute atomic E-state index is 0.748. The molecule has 21 heavy (non-hydrogen) atoms. The van der Waals surface area contributed by atoms with Crippen molar-refractivity contribution in [3.63, 3.8) is 0 Å². The Morgan fingerprint density at radius 1 is 1.10 bits per heavy atom. The van der Waals surface area contributed by atoms with Gasteiger partial charge in [-0.2, -0.15) is 0 Å². The number of pyridine rings is 1. The van der Waals surface area contributed by atoms with Crippen LogP contribution in [0.4, 0.5) is 11.4 Å². The Morgan fingerprint density at radius 3 is 2.62 bits per heavy atom. The molecule has 3 nitrogen and oxygen atoms in total. The average molecular weight is 298 g/mol. The molecule has 3 aromatic rings. The summed E-state index contributed by atoms with van der Waals surface area (Å²) in [6, 6.07) is 15.8. The molecular weight excluding hydrogens is 282 g/mol. The van der Waals surface area contributed by atoms with Crippen molar-refractivity contribution in [2.75, 3.05) is 17.7 Å². The number of benzene rings is 2. The zero-order valence-electron chi connectivity index (χ0n) is 11.8. The summed E-state index contributed by atoms with van der Waals surface area (Å²) in [7, 11) is 2.03. The van der Waals surface area contributed by atoms with Crippen LogP contribution in [-0.4, -0.2) is 12.0 Å². The summed E-state index contributed by atoms with van der Waals surface area (Å²) in [4.78, 5) is 6.45. The van der Waals surface area contributed by atoms with E-state index in [-0.39, 0.29) is 0 Å². The van der Waals surface area contributed by atoms with Crippen LogP contribution in [0.5, 0.6) is 0 Å². The van der Waals surface area contributed by atoms with Crippen LogP contribution in [0, 0.1) is 0 Å². The van der Waals surface area contributed by atoms with E-state index < -0.39 is 0 Å². The Kier molecular flexibility index (Phi) is 3.67. The molecule has 3 rings (SSSR count). The molecule has 0 radical (unpaired) electrons. The van der Waals surface area contributed by atoms with Gasteiger partial charge in [-0.1, -0.05) is 23.7 Å². The monoisotopic (exact) mass is 297 g/mol. The average Bonchev–Trinajstić information content (AvgIpc) is 2.50. The van der Waals surface area contributed by atoms with E-state index in [1.165, 1.54) is 5.56 Å². The van der Waals surface area contributed by atoms with Crippen molar-refractivity contribution in [2.24, 2.45) is 0 Å². The molecule has 4 heteroatoms. The highest BCUT2D eigenvalue weighted by Crippen LogP contribution is 2.30. The molecule has 0 spiro atoms. The number of aromatic nitrogens is 1. The minimum Gasteiger partial charge on any atom is -0.396 e. The van der Waals surface area contributed by atoms with Gasteiger partial charge in [-0.05, 0) is 42.0 Å². The van der Waals surface area contributed by atoms with Gasteiger partial charge in [0.05, 0.1) is 16.9 Å². The maximum atomic E-state index is 6.29. The topological polar surface area (TPSA) is 42.2 Å². The molecule has 0 aliphatic carbocycles. The third-order valence-corrected chi connectivity index (χ3v) is 3.80. The molecule has 106 valence electrons. The molecule has 0 unspecified atom stereocenters. The largest absolute Gasteiger partial charge is 0.396 e. The third kappa shape index (κ3) is 2.78. The number of halogens is 1. The van der Waals surface area contributed by atoms with Gasteiger partial charge in [0.25, 0.3) is 0 Å². The fourth-order valence-electron chi connectivity index (χ4n) is 2.45. The maximum Gasteiger partial charge on any atom is 0.0724 e. The minimum atomic E-state index is 0.748. The molecule has 0 amide bonds. The van der Waals surface area contributed by atoms with Gasteiger partial charge in [0.2, 0.25) is 0 Å². The number of hydrogen-bond donors (Lipinski definition) is 1. The first-order chi connectivity index (χ1) is 10.1. The van der Waals surface area contributed by atoms with E-state index in [1.807, 2.05) is 55.6 Å². The second kappa shape index (κ2) is 5.62. The molecular formula is C17H16ClN3. The molecule has 0 fully saturated rings. The molecule has 2 N–H and O–H groups in total. The molecule has 0 saturated heterocycles. The van der Waals surface area contributed by atoms with Crippen molar-refractivity contribution in [3.05, 3.63) is 65.3 Å². The fourth-order valence-corrected chi connectivity index (χ4v) is 2.57. The maximum absolute atomic E-state index is 6.29. The summed E-state index contributed by atoms with van der Waals surface area (Å²) < 4.78 is 0. The molecule has 0 saturated carbocycles. The van der Waals surface area contributed by atoms with Crippen LogP contribution in [0.25, 0.3) is 10.9 Å². The quantitative estimate of drug-likeness (QED) is 0.740. The molecule has 0 atom stereocenters. The van der Waals surface area contributed by atoms with Crippen molar-refractivity contribution in [2.45, 2.75) is 6.54 Å². The van der Waals surface area contributed by atoms with Crippen molar-refractivity contribution >= 4 is 33.9 Å². The van der Waals surface area contributed by atoms with E-state index >= 15 is 0 Å². The molecule has 0 bridgehead atoms. The molecule has 2 aromatic carbocycles. The number of anilines is 2. The van der Waals surface area contributed by atoms with Crippen LogP contribution in [-0.2, 0) is 6.54 Å². The summed E-state index contributed by atoms with van der Waals surface area (Å²) in [5.74, 6) is 0. The summed E-state index contributed by atoms with van der Waals surface area (Å²) in [5, 5.41) is 1.73. The van der Waals surface area contributed by atoms with E-state index in [4.69, 9.17) is 17.3 Å². The van der Waals surface area contributed by atoms with Crippen molar-refractivity contribution in [1.82, 2.24) is 4.98 Å². The smallest absolute Gasteiger partial charge is 0.0724 e. The Morgan fingerprint density at radius 2 is 1.86 bits per heavy atom. The Balaban J connectivity index is 1.92. The number of rotatable bonds is 3. The predicted molar refractivity (Wildman–Crippen MR) is 89.7 cm³/mol. The van der Waals surface area contributed by atoms with Gasteiger partial charge in [-0.25, -0.2) is 0 Å². The normalized spacial score (nSPS) is 10.8. The lowest BCUT2D eigenvalue weighted by atomic mass is 10.1. The van der Waals surface area contributed by atoms with Crippen LogP contribution in [0.3, 0.4) is 0 Å². The predicted octanol–water partition coefficient (Wildman–Crippen LogP) is 4.11. The molecule has 1 aromatic heterocycles. The van der Waals surface area contributed by atoms with Gasteiger partial charge in [0.15, 0.2) is 0 Å². The van der Waals surface area contributed by atoms with Gasteiger partial charge in [-0.3, -0.25) is 4.98 Å². The lowest BCUT2D eigenvalue weighted by Gasteiger charge is -2.22. The number of nitrogens with two attached hydrogens (primary N) is 1. The number of nitrogens with zero attached hydrogens (tertiary/aromatic N) is 2. The van der Waals surface area contributed by atoms with Crippen molar-refractivity contribution < 1.29 is 0 Å². The summed E-state index contributed by atoms with van der Waals surface area (Å²) >= 11 is 5.92. The van der Waals surface area contributed by atoms with E-state index in [9.17, 15) is 0 Å². The van der Waals surface area contributed by atoms with Gasteiger partial charge < -0.3 is 10.6 Å². The molecule has 0 aliphatic rings. The first-order valence-electron chi connectivity index (χ1n) is 6.74. The number of hydrogen-bond acceptors (Lipinski definition) is 3. The third-order valence-electron chi connectivity index (χ3n) is 3.55. The lowest BCUT2D eigenvalue weighted by molar-refractivity contribution is 0.926. The van der Waals surface area contributed by atoms with Crippen LogP contribution in [0.1, 0.15) is 5.56 Å². The van der Waals surface area contributed by atoms with Gasteiger partial charge in [-0.15, -0.1) is 0 Å². The number of nitrogen functional groups attached to an aromatic ring is 1. The van der Waals surface area contributed by atoms with Crippen LogP contribution in [0.15, 0.2) is 54.7 Å². The highest BCUT2D eigenvalue weighted by Gasteiger charge is 2.09. The van der Waals surface area contributed by atoms with Crippen molar-refractivity contribution in [3.8, 4) is 0 Å². The summed E-state index contributed by atoms with van der Waals surface area (Å²) in [6.07, 6.45) is 1.78. The Hall–Kier alpha value is -2.26. The van der Waals surface area contributed by atoms with Gasteiger partial charge in [0.1, 0.15) is 0 Å². The van der Waals surface area contributed by atoms with E-state index in [0.29, 0.717) is 0 Å². The summed E-state index contributed by atoms with van der Waals surface area (Å²) in [5.41, 5.74) is 10.2. The zero-order valence-corrected chi connectivity index (χ0v) is 12.5. The summed E-state index contributed by atoms with van der Waals surface area (Å²) in [6.45, 7) is 0.771.